The second-order valence-electron chi connectivity index (χ2n) is 7.08. The molecule has 0 spiro atoms. The molecule has 1 amide bonds. The third-order valence-electron chi connectivity index (χ3n) is 5.04. The summed E-state index contributed by atoms with van der Waals surface area (Å²) in [4.78, 5) is 23.8. The summed E-state index contributed by atoms with van der Waals surface area (Å²) in [6, 6.07) is 5.09. The van der Waals surface area contributed by atoms with Crippen LogP contribution in [0.15, 0.2) is 30.6 Å². The van der Waals surface area contributed by atoms with Crippen LogP contribution in [0.1, 0.15) is 23.2 Å². The van der Waals surface area contributed by atoms with E-state index in [1.807, 2.05) is 12.1 Å². The van der Waals surface area contributed by atoms with Gasteiger partial charge in [-0.15, -0.1) is 0 Å². The Labute approximate surface area is 158 Å². The van der Waals surface area contributed by atoms with Gasteiger partial charge in [-0.1, -0.05) is 6.07 Å². The standard InChI is InChI=1S/C19H17F2N5O2/c20-19(21)6-11(7-19)25-18-24-9-14-13(8-23-16(14)26-18)10-1-2-12-15(5-10)28-4-3-22-17(12)27/h1-2,5,8-9,11H,3-4,6-7H2,(H,22,27)(H2,23,24,25,26). The zero-order valence-corrected chi connectivity index (χ0v) is 14.8. The molecule has 7 nitrogen and oxygen atoms in total. The Balaban J connectivity index is 1.44. The normalized spacial score (nSPS) is 18.6. The zero-order valence-electron chi connectivity index (χ0n) is 14.8. The van der Waals surface area contributed by atoms with Crippen molar-refractivity contribution in [1.29, 1.82) is 0 Å². The highest BCUT2D eigenvalue weighted by atomic mass is 19.3. The largest absolute Gasteiger partial charge is 0.491 e. The Hall–Kier alpha value is -3.23. The van der Waals surface area contributed by atoms with Crippen LogP contribution in [0.3, 0.4) is 0 Å². The first-order chi connectivity index (χ1) is 13.5. The molecule has 2 aliphatic rings. The summed E-state index contributed by atoms with van der Waals surface area (Å²) >= 11 is 0. The van der Waals surface area contributed by atoms with E-state index in [1.165, 1.54) is 0 Å². The number of ether oxygens (including phenoxy) is 1. The smallest absolute Gasteiger partial charge is 0.255 e. The van der Waals surface area contributed by atoms with Gasteiger partial charge in [-0.2, -0.15) is 4.98 Å². The predicted octanol–water partition coefficient (Wildman–Crippen LogP) is 2.96. The van der Waals surface area contributed by atoms with Gasteiger partial charge in [-0.05, 0) is 17.7 Å². The maximum atomic E-state index is 13.0. The van der Waals surface area contributed by atoms with E-state index in [4.69, 9.17) is 4.74 Å². The van der Waals surface area contributed by atoms with Gasteiger partial charge in [0.25, 0.3) is 11.8 Å². The van der Waals surface area contributed by atoms with Crippen LogP contribution in [0.4, 0.5) is 14.7 Å². The number of fused-ring (bicyclic) bond motifs is 2. The molecular weight excluding hydrogens is 368 g/mol. The predicted molar refractivity (Wildman–Crippen MR) is 98.7 cm³/mol. The molecule has 3 N–H and O–H groups in total. The SMILES string of the molecule is O=C1NCCOc2cc(-c3c[nH]c4nc(NC5CC(F)(F)C5)ncc34)ccc21. The van der Waals surface area contributed by atoms with E-state index in [-0.39, 0.29) is 24.8 Å². The number of hydrogen-bond acceptors (Lipinski definition) is 5. The lowest BCUT2D eigenvalue weighted by Gasteiger charge is -2.35. The van der Waals surface area contributed by atoms with E-state index < -0.39 is 5.92 Å². The molecule has 144 valence electrons. The molecule has 3 aromatic rings. The van der Waals surface area contributed by atoms with Gasteiger partial charge < -0.3 is 20.4 Å². The lowest BCUT2D eigenvalue weighted by molar-refractivity contribution is -0.0794. The number of nitrogens with one attached hydrogen (secondary N) is 3. The maximum Gasteiger partial charge on any atom is 0.255 e. The summed E-state index contributed by atoms with van der Waals surface area (Å²) in [7, 11) is 0. The number of carbonyl (C=O) groups excluding carboxylic acids is 1. The fourth-order valence-corrected chi connectivity index (χ4v) is 3.58. The topological polar surface area (TPSA) is 91.9 Å². The lowest BCUT2D eigenvalue weighted by atomic mass is 9.88. The number of anilines is 1. The van der Waals surface area contributed by atoms with E-state index >= 15 is 0 Å². The molecule has 1 fully saturated rings. The van der Waals surface area contributed by atoms with Gasteiger partial charge in [0.2, 0.25) is 5.95 Å². The molecule has 9 heteroatoms. The number of aromatic amines is 1. The van der Waals surface area contributed by atoms with Crippen LogP contribution in [0, 0.1) is 0 Å². The molecule has 1 aromatic carbocycles. The minimum absolute atomic E-state index is 0.154. The summed E-state index contributed by atoms with van der Waals surface area (Å²) in [5, 5.41) is 6.51. The first-order valence-electron chi connectivity index (χ1n) is 9.02. The van der Waals surface area contributed by atoms with Crippen LogP contribution in [0.2, 0.25) is 0 Å². The van der Waals surface area contributed by atoms with Crippen LogP contribution in [0.25, 0.3) is 22.2 Å². The second kappa shape index (κ2) is 6.15. The summed E-state index contributed by atoms with van der Waals surface area (Å²) in [6.07, 6.45) is 3.06. The van der Waals surface area contributed by atoms with Gasteiger partial charge >= 0.3 is 0 Å². The molecule has 5 rings (SSSR count). The summed E-state index contributed by atoms with van der Waals surface area (Å²) < 4.78 is 31.6. The quantitative estimate of drug-likeness (QED) is 0.645. The molecule has 3 heterocycles. The molecule has 0 unspecified atom stereocenters. The van der Waals surface area contributed by atoms with Crippen molar-refractivity contribution in [3.05, 3.63) is 36.2 Å². The molecular formula is C19H17F2N5O2. The number of aromatic nitrogens is 3. The first kappa shape index (κ1) is 16.9. The minimum atomic E-state index is -2.59. The number of benzene rings is 1. The highest BCUT2D eigenvalue weighted by molar-refractivity contribution is 5.99. The Kier molecular flexibility index (Phi) is 3.71. The van der Waals surface area contributed by atoms with Crippen LogP contribution in [-0.4, -0.2) is 46.0 Å². The Morgan fingerprint density at radius 3 is 2.93 bits per heavy atom. The minimum Gasteiger partial charge on any atom is -0.491 e. The number of halogens is 2. The molecule has 1 aliphatic heterocycles. The van der Waals surface area contributed by atoms with Crippen LogP contribution in [-0.2, 0) is 0 Å². The molecule has 0 radical (unpaired) electrons. The highest BCUT2D eigenvalue weighted by Crippen LogP contribution is 2.39. The third kappa shape index (κ3) is 2.92. The Bertz CT molecular complexity index is 1070. The number of H-pyrrole nitrogens is 1. The number of hydrogen-bond donors (Lipinski definition) is 3. The van der Waals surface area contributed by atoms with Crippen molar-refractivity contribution in [2.24, 2.45) is 0 Å². The molecule has 2 aromatic heterocycles. The van der Waals surface area contributed by atoms with Crippen LogP contribution in [0.5, 0.6) is 5.75 Å². The van der Waals surface area contributed by atoms with E-state index in [0.717, 1.165) is 16.5 Å². The van der Waals surface area contributed by atoms with Gasteiger partial charge in [0.05, 0.1) is 12.1 Å². The monoisotopic (exact) mass is 385 g/mol. The zero-order chi connectivity index (χ0) is 19.3. The van der Waals surface area contributed by atoms with Crippen molar-refractivity contribution in [1.82, 2.24) is 20.3 Å². The van der Waals surface area contributed by atoms with E-state index in [9.17, 15) is 13.6 Å². The van der Waals surface area contributed by atoms with Crippen LogP contribution >= 0.6 is 0 Å². The van der Waals surface area contributed by atoms with Crippen molar-refractivity contribution in [3.63, 3.8) is 0 Å². The van der Waals surface area contributed by atoms with Gasteiger partial charge in [0, 0.05) is 42.2 Å². The molecule has 1 aliphatic carbocycles. The van der Waals surface area contributed by atoms with Crippen LogP contribution < -0.4 is 15.4 Å². The summed E-state index contributed by atoms with van der Waals surface area (Å²) in [5.74, 6) is -1.89. The van der Waals surface area contributed by atoms with Gasteiger partial charge in [0.15, 0.2) is 0 Å². The van der Waals surface area contributed by atoms with Crippen molar-refractivity contribution < 1.29 is 18.3 Å². The average molecular weight is 385 g/mol. The molecule has 28 heavy (non-hydrogen) atoms. The molecule has 0 saturated heterocycles. The fourth-order valence-electron chi connectivity index (χ4n) is 3.58. The van der Waals surface area contributed by atoms with Crippen molar-refractivity contribution in [2.45, 2.75) is 24.8 Å². The molecule has 0 bridgehead atoms. The molecule has 1 saturated carbocycles. The number of alkyl halides is 2. The van der Waals surface area contributed by atoms with E-state index in [1.54, 1.807) is 18.5 Å². The summed E-state index contributed by atoms with van der Waals surface area (Å²) in [5.41, 5.74) is 2.84. The molecule has 0 atom stereocenters. The number of nitrogens with zero attached hydrogens (tertiary/aromatic N) is 2. The first-order valence-corrected chi connectivity index (χ1v) is 9.02. The van der Waals surface area contributed by atoms with Crippen molar-refractivity contribution >= 4 is 22.9 Å². The third-order valence-corrected chi connectivity index (χ3v) is 5.04. The van der Waals surface area contributed by atoms with Crippen molar-refractivity contribution in [3.8, 4) is 16.9 Å². The maximum absolute atomic E-state index is 13.0. The van der Waals surface area contributed by atoms with E-state index in [0.29, 0.717) is 36.1 Å². The fraction of sp³-hybridized carbons (Fsp3) is 0.316. The number of carbonyl (C=O) groups is 1. The van der Waals surface area contributed by atoms with E-state index in [2.05, 4.69) is 25.6 Å². The highest BCUT2D eigenvalue weighted by Gasteiger charge is 2.45. The number of amides is 1. The van der Waals surface area contributed by atoms with Gasteiger partial charge in [-0.25, -0.2) is 13.8 Å². The van der Waals surface area contributed by atoms with Gasteiger partial charge in [-0.3, -0.25) is 4.79 Å². The van der Waals surface area contributed by atoms with Crippen molar-refractivity contribution in [2.75, 3.05) is 18.5 Å². The summed E-state index contributed by atoms with van der Waals surface area (Å²) in [6.45, 7) is 0.876. The lowest BCUT2D eigenvalue weighted by Crippen LogP contribution is -2.44. The Morgan fingerprint density at radius 1 is 1.25 bits per heavy atom. The van der Waals surface area contributed by atoms with Gasteiger partial charge in [0.1, 0.15) is 18.0 Å². The second-order valence-corrected chi connectivity index (χ2v) is 7.08. The Morgan fingerprint density at radius 2 is 2.11 bits per heavy atom. The number of rotatable bonds is 3. The average Bonchev–Trinajstić information content (AvgIpc) is 2.97.